The minimum Gasteiger partial charge on any atom is -0.0845 e. The maximum atomic E-state index is 2.73. The van der Waals surface area contributed by atoms with Crippen LogP contribution in [-0.4, -0.2) is 0 Å². The molecule has 0 unspecified atom stereocenters. The van der Waals surface area contributed by atoms with Gasteiger partial charge in [-0.2, -0.15) is 0 Å². The van der Waals surface area contributed by atoms with Crippen molar-refractivity contribution < 1.29 is 0 Å². The molecule has 0 aromatic heterocycles. The van der Waals surface area contributed by atoms with Crippen molar-refractivity contribution in [2.75, 3.05) is 0 Å². The topological polar surface area (TPSA) is 0 Å². The molecule has 0 bridgehead atoms. The SMILES string of the molecule is CC[C@]12CCCCC1=CC[C@@H]1[C@H]2CC[C@]2(C)CCC[C@@H]12. The van der Waals surface area contributed by atoms with Gasteiger partial charge in [-0.05, 0) is 86.4 Å². The third-order valence-corrected chi connectivity index (χ3v) is 8.15. The normalized spacial score (nSPS) is 50.9. The van der Waals surface area contributed by atoms with Gasteiger partial charge >= 0.3 is 0 Å². The highest BCUT2D eigenvalue weighted by molar-refractivity contribution is 5.25. The lowest BCUT2D eigenvalue weighted by Crippen LogP contribution is -2.49. The summed E-state index contributed by atoms with van der Waals surface area (Å²) >= 11 is 0. The molecule has 0 heterocycles. The molecule has 112 valence electrons. The lowest BCUT2D eigenvalue weighted by molar-refractivity contribution is -0.0339. The minimum atomic E-state index is 0.644. The second-order valence-electron chi connectivity index (χ2n) is 8.64. The Hall–Kier alpha value is -0.260. The zero-order valence-corrected chi connectivity index (χ0v) is 13.6. The van der Waals surface area contributed by atoms with Crippen molar-refractivity contribution in [3.63, 3.8) is 0 Å². The van der Waals surface area contributed by atoms with Gasteiger partial charge in [0.2, 0.25) is 0 Å². The molecule has 0 nitrogen and oxygen atoms in total. The zero-order chi connectivity index (χ0) is 13.8. The average molecular weight is 272 g/mol. The van der Waals surface area contributed by atoms with Gasteiger partial charge in [-0.1, -0.05) is 38.3 Å². The lowest BCUT2D eigenvalue weighted by Gasteiger charge is -2.58. The predicted octanol–water partition coefficient (Wildman–Crippen LogP) is 6.12. The molecule has 4 aliphatic carbocycles. The highest BCUT2D eigenvalue weighted by atomic mass is 14.6. The Balaban J connectivity index is 1.72. The molecular formula is C20H32. The van der Waals surface area contributed by atoms with Crippen molar-refractivity contribution in [3.05, 3.63) is 11.6 Å². The van der Waals surface area contributed by atoms with Gasteiger partial charge in [-0.3, -0.25) is 0 Å². The Morgan fingerprint density at radius 3 is 2.80 bits per heavy atom. The Labute approximate surface area is 125 Å². The molecule has 0 aromatic carbocycles. The van der Waals surface area contributed by atoms with Gasteiger partial charge in [-0.25, -0.2) is 0 Å². The van der Waals surface area contributed by atoms with E-state index in [4.69, 9.17) is 0 Å². The van der Waals surface area contributed by atoms with Crippen LogP contribution in [0.4, 0.5) is 0 Å². The summed E-state index contributed by atoms with van der Waals surface area (Å²) in [6, 6.07) is 0. The number of rotatable bonds is 1. The highest BCUT2D eigenvalue weighted by Gasteiger charge is 2.55. The second-order valence-corrected chi connectivity index (χ2v) is 8.64. The minimum absolute atomic E-state index is 0.644. The van der Waals surface area contributed by atoms with Crippen molar-refractivity contribution in [3.8, 4) is 0 Å². The molecule has 0 aromatic rings. The van der Waals surface area contributed by atoms with Gasteiger partial charge in [0.25, 0.3) is 0 Å². The quantitative estimate of drug-likeness (QED) is 0.504. The fourth-order valence-corrected chi connectivity index (χ4v) is 7.13. The summed E-state index contributed by atoms with van der Waals surface area (Å²) in [4.78, 5) is 0. The van der Waals surface area contributed by atoms with Crippen molar-refractivity contribution in [2.45, 2.75) is 84.5 Å². The van der Waals surface area contributed by atoms with E-state index < -0.39 is 0 Å². The van der Waals surface area contributed by atoms with Crippen LogP contribution in [-0.2, 0) is 0 Å². The van der Waals surface area contributed by atoms with Crippen LogP contribution in [0, 0.1) is 28.6 Å². The summed E-state index contributed by atoms with van der Waals surface area (Å²) in [6.07, 6.45) is 19.1. The standard InChI is InChI=1S/C20H32/c1-3-20-13-5-4-7-15(20)9-10-16-17-8-6-12-19(17,2)14-11-18(16)20/h9,16-18H,3-8,10-14H2,1-2H3/t16-,17-,18+,19-,20-/m0/s1. The molecule has 20 heavy (non-hydrogen) atoms. The predicted molar refractivity (Wildman–Crippen MR) is 85.6 cm³/mol. The van der Waals surface area contributed by atoms with E-state index in [9.17, 15) is 0 Å². The first-order valence-corrected chi connectivity index (χ1v) is 9.39. The molecular weight excluding hydrogens is 240 g/mol. The van der Waals surface area contributed by atoms with Crippen molar-refractivity contribution >= 4 is 0 Å². The van der Waals surface area contributed by atoms with Gasteiger partial charge in [-0.15, -0.1) is 0 Å². The zero-order valence-electron chi connectivity index (χ0n) is 13.6. The van der Waals surface area contributed by atoms with Gasteiger partial charge in [0.1, 0.15) is 0 Å². The second kappa shape index (κ2) is 4.62. The van der Waals surface area contributed by atoms with Crippen LogP contribution in [0.15, 0.2) is 11.6 Å². The van der Waals surface area contributed by atoms with Gasteiger partial charge < -0.3 is 0 Å². The van der Waals surface area contributed by atoms with Crippen molar-refractivity contribution in [1.82, 2.24) is 0 Å². The number of fused-ring (bicyclic) bond motifs is 5. The summed E-state index contributed by atoms with van der Waals surface area (Å²) in [5.74, 6) is 3.14. The van der Waals surface area contributed by atoms with Crippen LogP contribution < -0.4 is 0 Å². The fraction of sp³-hybridized carbons (Fsp3) is 0.900. The van der Waals surface area contributed by atoms with Crippen LogP contribution in [0.1, 0.15) is 84.5 Å². The first kappa shape index (κ1) is 13.4. The molecule has 0 spiro atoms. The van der Waals surface area contributed by atoms with Gasteiger partial charge in [0, 0.05) is 0 Å². The first-order chi connectivity index (χ1) is 9.70. The van der Waals surface area contributed by atoms with Gasteiger partial charge in [0.15, 0.2) is 0 Å². The molecule has 3 fully saturated rings. The maximum Gasteiger partial charge on any atom is -0.00596 e. The molecule has 0 amide bonds. The van der Waals surface area contributed by atoms with Crippen LogP contribution in [0.25, 0.3) is 0 Å². The van der Waals surface area contributed by atoms with Crippen LogP contribution in [0.5, 0.6) is 0 Å². The fourth-order valence-electron chi connectivity index (χ4n) is 7.13. The lowest BCUT2D eigenvalue weighted by atomic mass is 9.47. The maximum absolute atomic E-state index is 2.73. The number of hydrogen-bond acceptors (Lipinski definition) is 0. The van der Waals surface area contributed by atoms with Crippen molar-refractivity contribution in [2.24, 2.45) is 28.6 Å². The number of hydrogen-bond donors (Lipinski definition) is 0. The Morgan fingerprint density at radius 2 is 1.95 bits per heavy atom. The van der Waals surface area contributed by atoms with E-state index in [0.717, 1.165) is 23.2 Å². The summed E-state index contributed by atoms with van der Waals surface area (Å²) in [5, 5.41) is 0. The molecule has 0 heteroatoms. The average Bonchev–Trinajstić information content (AvgIpc) is 2.88. The monoisotopic (exact) mass is 272 g/mol. The van der Waals surface area contributed by atoms with E-state index in [1.54, 1.807) is 12.8 Å². The molecule has 5 atom stereocenters. The Morgan fingerprint density at radius 1 is 1.05 bits per heavy atom. The third kappa shape index (κ3) is 1.66. The summed E-state index contributed by atoms with van der Waals surface area (Å²) in [6.45, 7) is 5.11. The van der Waals surface area contributed by atoms with E-state index in [1.807, 2.05) is 5.57 Å². The van der Waals surface area contributed by atoms with E-state index >= 15 is 0 Å². The van der Waals surface area contributed by atoms with Crippen molar-refractivity contribution in [1.29, 1.82) is 0 Å². The highest BCUT2D eigenvalue weighted by Crippen LogP contribution is 2.65. The van der Waals surface area contributed by atoms with Crippen LogP contribution in [0.3, 0.4) is 0 Å². The first-order valence-electron chi connectivity index (χ1n) is 9.39. The van der Waals surface area contributed by atoms with Crippen LogP contribution >= 0.6 is 0 Å². The molecule has 0 radical (unpaired) electrons. The largest absolute Gasteiger partial charge is 0.0845 e. The van der Waals surface area contributed by atoms with E-state index in [-0.39, 0.29) is 0 Å². The van der Waals surface area contributed by atoms with E-state index in [1.165, 1.54) is 57.8 Å². The molecule has 0 aliphatic heterocycles. The molecule has 4 aliphatic rings. The van der Waals surface area contributed by atoms with Crippen LogP contribution in [0.2, 0.25) is 0 Å². The summed E-state index contributed by atoms with van der Waals surface area (Å²) in [5.41, 5.74) is 3.26. The van der Waals surface area contributed by atoms with Gasteiger partial charge in [0.05, 0.1) is 0 Å². The Bertz CT molecular complexity index is 420. The molecule has 3 saturated carbocycles. The number of allylic oxidation sites excluding steroid dienone is 2. The molecule has 0 N–H and O–H groups in total. The van der Waals surface area contributed by atoms with E-state index in [0.29, 0.717) is 5.41 Å². The molecule has 4 rings (SSSR count). The smallest absolute Gasteiger partial charge is 0.00596 e. The van der Waals surface area contributed by atoms with E-state index in [2.05, 4.69) is 19.9 Å². The summed E-state index contributed by atoms with van der Waals surface area (Å²) in [7, 11) is 0. The molecule has 0 saturated heterocycles. The summed E-state index contributed by atoms with van der Waals surface area (Å²) < 4.78 is 0. The Kier molecular flexibility index (Phi) is 3.09. The third-order valence-electron chi connectivity index (χ3n) is 8.15.